The zero-order chi connectivity index (χ0) is 27.6. The van der Waals surface area contributed by atoms with Crippen LogP contribution in [0.2, 0.25) is 0 Å². The maximum absolute atomic E-state index is 13.5. The number of hydrogen-bond donors (Lipinski definition) is 1. The van der Waals surface area contributed by atoms with Gasteiger partial charge in [-0.15, -0.1) is 0 Å². The Hall–Kier alpha value is -3.07. The Bertz CT molecular complexity index is 1150. The summed E-state index contributed by atoms with van der Waals surface area (Å²) in [6.45, 7) is 8.87. The van der Waals surface area contributed by atoms with E-state index in [0.29, 0.717) is 36.9 Å². The molecule has 1 unspecified atom stereocenters. The second kappa shape index (κ2) is 14.0. The van der Waals surface area contributed by atoms with Crippen molar-refractivity contribution in [2.24, 2.45) is 5.92 Å². The van der Waals surface area contributed by atoms with Gasteiger partial charge in [-0.25, -0.2) is 8.42 Å². The third-order valence-electron chi connectivity index (χ3n) is 6.18. The number of amides is 2. The zero-order valence-corrected chi connectivity index (χ0v) is 23.7. The van der Waals surface area contributed by atoms with Crippen LogP contribution in [0.3, 0.4) is 0 Å². The van der Waals surface area contributed by atoms with Gasteiger partial charge in [0.05, 0.1) is 19.1 Å². The number of rotatable bonds is 14. The molecule has 2 aromatic carbocycles. The number of anilines is 1. The van der Waals surface area contributed by atoms with Crippen molar-refractivity contribution in [3.05, 3.63) is 59.7 Å². The lowest BCUT2D eigenvalue weighted by Crippen LogP contribution is -2.49. The second-order valence-electron chi connectivity index (χ2n) is 9.62. The van der Waals surface area contributed by atoms with E-state index in [-0.39, 0.29) is 31.2 Å². The maximum atomic E-state index is 13.5. The van der Waals surface area contributed by atoms with Crippen LogP contribution in [0.1, 0.15) is 51.2 Å². The lowest BCUT2D eigenvalue weighted by atomic mass is 10.0. The van der Waals surface area contributed by atoms with Crippen molar-refractivity contribution in [1.29, 1.82) is 0 Å². The Kier molecular flexibility index (Phi) is 11.4. The number of aryl methyl sites for hydroxylation is 1. The fourth-order valence-electron chi connectivity index (χ4n) is 4.13. The third kappa shape index (κ3) is 8.77. The number of sulfonamides is 1. The third-order valence-corrected chi connectivity index (χ3v) is 7.36. The average molecular weight is 532 g/mol. The van der Waals surface area contributed by atoms with Gasteiger partial charge in [-0.05, 0) is 48.9 Å². The zero-order valence-electron chi connectivity index (χ0n) is 22.9. The van der Waals surface area contributed by atoms with Crippen molar-refractivity contribution in [3.8, 4) is 5.75 Å². The minimum atomic E-state index is -3.61. The molecule has 0 fully saturated rings. The first-order chi connectivity index (χ1) is 17.5. The molecule has 1 N–H and O–H groups in total. The summed E-state index contributed by atoms with van der Waals surface area (Å²) < 4.78 is 31.8. The van der Waals surface area contributed by atoms with E-state index in [2.05, 4.69) is 5.32 Å². The van der Waals surface area contributed by atoms with Crippen LogP contribution in [-0.2, 0) is 26.2 Å². The van der Waals surface area contributed by atoms with Gasteiger partial charge in [0, 0.05) is 26.1 Å². The summed E-state index contributed by atoms with van der Waals surface area (Å²) in [5, 5.41) is 2.96. The number of nitrogens with zero attached hydrogens (tertiary/aromatic N) is 2. The number of nitrogens with one attached hydrogen (secondary N) is 1. The highest BCUT2D eigenvalue weighted by molar-refractivity contribution is 7.92. The normalized spacial score (nSPS) is 12.2. The van der Waals surface area contributed by atoms with E-state index in [1.165, 1.54) is 11.4 Å². The molecule has 0 saturated carbocycles. The monoisotopic (exact) mass is 531 g/mol. The smallest absolute Gasteiger partial charge is 0.242 e. The fourth-order valence-corrected chi connectivity index (χ4v) is 5.10. The van der Waals surface area contributed by atoms with Crippen molar-refractivity contribution in [3.63, 3.8) is 0 Å². The molecular weight excluding hydrogens is 490 g/mol. The highest BCUT2D eigenvalue weighted by Gasteiger charge is 2.29. The van der Waals surface area contributed by atoms with Crippen molar-refractivity contribution in [2.45, 2.75) is 59.5 Å². The van der Waals surface area contributed by atoms with Gasteiger partial charge in [-0.3, -0.25) is 13.9 Å². The van der Waals surface area contributed by atoms with Gasteiger partial charge in [0.2, 0.25) is 21.8 Å². The highest BCUT2D eigenvalue weighted by atomic mass is 32.2. The predicted molar refractivity (Wildman–Crippen MR) is 148 cm³/mol. The van der Waals surface area contributed by atoms with Crippen molar-refractivity contribution in [1.82, 2.24) is 10.2 Å². The SMILES string of the molecule is CCC(C(=O)NCC(C)C)N(Cc1ccccc1C)C(=O)CCCN(c1ccccc1OC)S(C)(=O)=O. The molecule has 37 heavy (non-hydrogen) atoms. The fraction of sp³-hybridized carbons (Fsp3) is 0.500. The highest BCUT2D eigenvalue weighted by Crippen LogP contribution is 2.30. The van der Waals surface area contributed by atoms with Crippen molar-refractivity contribution >= 4 is 27.5 Å². The predicted octanol–water partition coefficient (Wildman–Crippen LogP) is 4.13. The van der Waals surface area contributed by atoms with Gasteiger partial charge in [-0.1, -0.05) is 57.2 Å². The molecule has 204 valence electrons. The largest absolute Gasteiger partial charge is 0.495 e. The Morgan fingerprint density at radius 2 is 1.70 bits per heavy atom. The van der Waals surface area contributed by atoms with E-state index < -0.39 is 16.1 Å². The second-order valence-corrected chi connectivity index (χ2v) is 11.5. The first-order valence-corrected chi connectivity index (χ1v) is 14.6. The first kappa shape index (κ1) is 30.2. The molecule has 0 spiro atoms. The number of methoxy groups -OCH3 is 1. The summed E-state index contributed by atoms with van der Waals surface area (Å²) in [5.41, 5.74) is 2.44. The van der Waals surface area contributed by atoms with Gasteiger partial charge < -0.3 is 15.0 Å². The molecule has 0 heterocycles. The van der Waals surface area contributed by atoms with Crippen LogP contribution in [0, 0.1) is 12.8 Å². The number of benzene rings is 2. The van der Waals surface area contributed by atoms with Gasteiger partial charge in [0.15, 0.2) is 0 Å². The number of carbonyl (C=O) groups excluding carboxylic acids is 2. The Morgan fingerprint density at radius 1 is 1.05 bits per heavy atom. The molecule has 1 atom stereocenters. The van der Waals surface area contributed by atoms with E-state index in [1.807, 2.05) is 52.0 Å². The molecule has 0 aliphatic rings. The number of carbonyl (C=O) groups is 2. The molecule has 0 radical (unpaired) electrons. The van der Waals surface area contributed by atoms with E-state index in [9.17, 15) is 18.0 Å². The Labute approximate surface area is 222 Å². The summed E-state index contributed by atoms with van der Waals surface area (Å²) in [6.07, 6.45) is 2.00. The Balaban J connectivity index is 2.25. The molecule has 0 bridgehead atoms. The standard InChI is InChI=1S/C28H41N3O5S/c1-7-24(28(33)29-19-21(2)3)30(20-23-14-9-8-13-22(23)4)27(32)17-12-18-31(37(6,34)35)25-15-10-11-16-26(25)36-5/h8-11,13-16,21,24H,7,12,17-20H2,1-6H3,(H,29,33). The van der Waals surface area contributed by atoms with Crippen LogP contribution >= 0.6 is 0 Å². The molecule has 0 saturated heterocycles. The van der Waals surface area contributed by atoms with Crippen LogP contribution < -0.4 is 14.4 Å². The van der Waals surface area contributed by atoms with E-state index in [4.69, 9.17) is 4.74 Å². The minimum Gasteiger partial charge on any atom is -0.495 e. The summed E-state index contributed by atoms with van der Waals surface area (Å²) in [7, 11) is -2.12. The molecule has 2 amide bonds. The molecule has 0 aromatic heterocycles. The first-order valence-electron chi connectivity index (χ1n) is 12.7. The molecule has 0 aliphatic heterocycles. The summed E-state index contributed by atoms with van der Waals surface area (Å²) in [6, 6.07) is 14.1. The minimum absolute atomic E-state index is 0.0982. The van der Waals surface area contributed by atoms with E-state index in [1.54, 1.807) is 29.2 Å². The summed E-state index contributed by atoms with van der Waals surface area (Å²) >= 11 is 0. The molecule has 9 heteroatoms. The van der Waals surface area contributed by atoms with Crippen molar-refractivity contribution < 1.29 is 22.7 Å². The average Bonchev–Trinajstić information content (AvgIpc) is 2.85. The van der Waals surface area contributed by atoms with Crippen LogP contribution in [0.15, 0.2) is 48.5 Å². The summed E-state index contributed by atoms with van der Waals surface area (Å²) in [5.74, 6) is 0.362. The molecule has 2 rings (SSSR count). The van der Waals surface area contributed by atoms with Crippen LogP contribution in [0.4, 0.5) is 5.69 Å². The van der Waals surface area contributed by atoms with Gasteiger partial charge in [0.1, 0.15) is 11.8 Å². The van der Waals surface area contributed by atoms with E-state index >= 15 is 0 Å². The molecule has 2 aromatic rings. The van der Waals surface area contributed by atoms with E-state index in [0.717, 1.165) is 17.4 Å². The van der Waals surface area contributed by atoms with Crippen LogP contribution in [0.25, 0.3) is 0 Å². The van der Waals surface area contributed by atoms with Crippen LogP contribution in [-0.4, -0.2) is 57.6 Å². The quantitative estimate of drug-likeness (QED) is 0.396. The number of hydrogen-bond acceptors (Lipinski definition) is 5. The maximum Gasteiger partial charge on any atom is 0.242 e. The molecular formula is C28H41N3O5S. The van der Waals surface area contributed by atoms with Crippen LogP contribution in [0.5, 0.6) is 5.75 Å². The van der Waals surface area contributed by atoms with Crippen molar-refractivity contribution in [2.75, 3.05) is 30.8 Å². The summed E-state index contributed by atoms with van der Waals surface area (Å²) in [4.78, 5) is 28.2. The lowest BCUT2D eigenvalue weighted by Gasteiger charge is -2.32. The van der Waals surface area contributed by atoms with Gasteiger partial charge in [0.25, 0.3) is 0 Å². The number of para-hydroxylation sites is 2. The van der Waals surface area contributed by atoms with Gasteiger partial charge >= 0.3 is 0 Å². The molecule has 0 aliphatic carbocycles. The molecule has 8 nitrogen and oxygen atoms in total. The lowest BCUT2D eigenvalue weighted by molar-refractivity contribution is -0.141. The number of ether oxygens (including phenoxy) is 1. The Morgan fingerprint density at radius 3 is 2.30 bits per heavy atom. The van der Waals surface area contributed by atoms with Gasteiger partial charge in [-0.2, -0.15) is 0 Å². The topological polar surface area (TPSA) is 96.0 Å².